The summed E-state index contributed by atoms with van der Waals surface area (Å²) in [5, 5.41) is 26.5. The third kappa shape index (κ3) is 22.7. The molecule has 6 aromatic carbocycles. The molecular formula is C108H121N9O24P3-. The number of fused-ring (bicyclic) bond motifs is 7. The van der Waals surface area contributed by atoms with E-state index in [2.05, 4.69) is 106 Å². The van der Waals surface area contributed by atoms with Crippen LogP contribution in [0.3, 0.4) is 0 Å². The molecule has 11 aliphatic rings. The number of phosphoric acid groups is 3. The van der Waals surface area contributed by atoms with Gasteiger partial charge in [0, 0.05) is 188 Å². The van der Waals surface area contributed by atoms with Gasteiger partial charge >= 0.3 is 11.7 Å². The van der Waals surface area contributed by atoms with E-state index < -0.39 is 108 Å². The van der Waals surface area contributed by atoms with Crippen LogP contribution in [0, 0.1) is 11.8 Å². The Morgan fingerprint density at radius 3 is 2.22 bits per heavy atom. The van der Waals surface area contributed by atoms with Gasteiger partial charge in [-0.05, 0) is 179 Å². The minimum absolute atomic E-state index is 0.0189. The number of aromatic carboxylic acids is 1. The van der Waals surface area contributed by atoms with Gasteiger partial charge in [0.2, 0.25) is 17.5 Å². The standard InChI is InChI=1S/C108H122N9O24P3/c1-107(2)84-34-12-15-37-87(84)114(56-24-58-118)93(107)39-7-5-8-40-94-108(3,4)85-35-13-16-38-88(85)115(94)57-25-60-135-143(129,130)140-89-49-61-133-91(89)68-137-144(131,132)141-90-65-97(138-92(90)69-136-142(127,128)134-59-18-6-17-50-109-95(120)47-48-96(121)116-66-75-28-10-9-26-70(75)41-42-71-27-11-14-36-86(71)116)117-67-76(104(123)111-106(117)126)43-45-77(119)31-19-51-110-103(122)74-44-46-78(81(64-74)105(124)125)98-82-62-72-29-20-52-112-54-22-32-79(99(72)112)101(82)139-102-80-33-23-55-113-53-21-30-73(100(80)113)63-83(98)102/h5,7-16,26-28,34-40,43-46,62-64,67,89-92,97,99,118H,6,17-25,29-33,47-61,65-66,68-69H2,1-4H3,(H6-,109,110,111,120,122,123,124,125,126,127,128,129,130,131,132)/p-1/b45-43-/t89?,90?,91-,92-,97-,99?/m1/s1. The fourth-order valence-electron chi connectivity index (χ4n) is 22.0. The number of amides is 3. The molecular weight excluding hydrogens is 1900 g/mol. The summed E-state index contributed by atoms with van der Waals surface area (Å²) >= 11 is 0. The van der Waals surface area contributed by atoms with Crippen molar-refractivity contribution in [3.05, 3.63) is 286 Å². The Hall–Kier alpha value is -11.5. The summed E-state index contributed by atoms with van der Waals surface area (Å²) in [7, 11) is -16.0. The van der Waals surface area contributed by atoms with Gasteiger partial charge in [-0.1, -0.05) is 117 Å². The molecule has 4 saturated heterocycles. The molecule has 6 N–H and O–H groups in total. The number of carbonyl (C=O) groups is 5. The lowest BCUT2D eigenvalue weighted by Gasteiger charge is -2.44. The molecule has 0 saturated carbocycles. The lowest BCUT2D eigenvalue weighted by Crippen LogP contribution is -3.18. The van der Waals surface area contributed by atoms with Crippen molar-refractivity contribution in [1.29, 1.82) is 0 Å². The number of nitrogens with zero attached hydrogens (tertiary/aromatic N) is 5. The van der Waals surface area contributed by atoms with Gasteiger partial charge in [0.15, 0.2) is 18.0 Å². The lowest BCUT2D eigenvalue weighted by atomic mass is 9.74. The molecule has 4 fully saturated rings. The van der Waals surface area contributed by atoms with Gasteiger partial charge < -0.3 is 96.5 Å². The third-order valence-electron chi connectivity index (χ3n) is 29.0. The van der Waals surface area contributed by atoms with Crippen LogP contribution in [0.15, 0.2) is 208 Å². The molecule has 758 valence electrons. The third-order valence-corrected chi connectivity index (χ3v) is 32.0. The molecule has 10 aliphatic heterocycles. The largest absolute Gasteiger partial charge is 0.756 e. The van der Waals surface area contributed by atoms with E-state index in [1.54, 1.807) is 17.0 Å². The zero-order valence-electron chi connectivity index (χ0n) is 81.2. The number of hydrogen-bond donors (Lipinski definition) is 6. The van der Waals surface area contributed by atoms with E-state index in [-0.39, 0.29) is 131 Å². The maximum atomic E-state index is 14.1. The molecule has 3 amide bonds. The summed E-state index contributed by atoms with van der Waals surface area (Å²) in [4.78, 5) is 147. The number of quaternary nitrogens is 1. The Kier molecular flexibility index (Phi) is 31.7. The summed E-state index contributed by atoms with van der Waals surface area (Å²) in [6.07, 6.45) is 16.6. The number of carboxylic acid groups (broad SMARTS) is 1. The first-order valence-electron chi connectivity index (χ1n) is 50.0. The van der Waals surface area contributed by atoms with Gasteiger partial charge in [-0.2, -0.15) is 4.58 Å². The maximum Gasteiger partial charge on any atom is 0.336 e. The van der Waals surface area contributed by atoms with Gasteiger partial charge in [0.25, 0.3) is 34.9 Å². The van der Waals surface area contributed by atoms with E-state index in [9.17, 15) is 72.2 Å². The van der Waals surface area contributed by atoms with Gasteiger partial charge in [0.05, 0.1) is 80.5 Å². The van der Waals surface area contributed by atoms with Crippen molar-refractivity contribution >= 4 is 93.1 Å². The quantitative estimate of drug-likeness (QED) is 0.00517. The van der Waals surface area contributed by atoms with Gasteiger partial charge in [-0.15, -0.1) is 0 Å². The second-order valence-corrected chi connectivity index (χ2v) is 43.3. The molecule has 1 aromatic heterocycles. The number of aromatic amines is 1. The van der Waals surface area contributed by atoms with E-state index in [1.165, 1.54) is 38.9 Å². The number of aromatic nitrogens is 2. The highest BCUT2D eigenvalue weighted by Gasteiger charge is 2.49. The highest BCUT2D eigenvalue weighted by Crippen LogP contribution is 2.56. The number of nitrogens with one attached hydrogen (secondary N) is 4. The molecule has 11 heterocycles. The average Bonchev–Trinajstić information content (AvgIpc) is 1.18. The number of ether oxygens (including phenoxy) is 3. The molecule has 18 rings (SSSR count). The number of phosphoric ester groups is 3. The number of hydrogen-bond acceptors (Lipinski definition) is 25. The normalized spacial score (nSPS) is 22.5. The van der Waals surface area contributed by atoms with E-state index in [0.29, 0.717) is 49.2 Å². The molecule has 0 radical (unpaired) electrons. The second kappa shape index (κ2) is 44.5. The van der Waals surface area contributed by atoms with Gasteiger partial charge in [-0.3, -0.25) is 47.2 Å². The maximum absolute atomic E-state index is 14.1. The predicted molar refractivity (Wildman–Crippen MR) is 535 cm³/mol. The van der Waals surface area contributed by atoms with Crippen LogP contribution in [0.5, 0.6) is 5.75 Å². The number of carboxylic acids is 1. The summed E-state index contributed by atoms with van der Waals surface area (Å²) in [6, 6.07) is 38.3. The predicted octanol–water partition coefficient (Wildman–Crippen LogP) is 11.9. The molecule has 1 aliphatic carbocycles. The smallest absolute Gasteiger partial charge is 0.336 e. The summed E-state index contributed by atoms with van der Waals surface area (Å²) < 4.78 is 95.9. The van der Waals surface area contributed by atoms with Crippen LogP contribution >= 0.6 is 23.5 Å². The molecule has 36 heteroatoms. The highest BCUT2D eigenvalue weighted by molar-refractivity contribution is 7.46. The van der Waals surface area contributed by atoms with E-state index in [0.717, 1.165) is 174 Å². The number of allylic oxidation sites excluding steroid dienone is 8. The van der Waals surface area contributed by atoms with E-state index in [1.807, 2.05) is 103 Å². The van der Waals surface area contributed by atoms with Crippen LogP contribution in [-0.2, 0) is 94.9 Å². The minimum atomic E-state index is -5.59. The average molecular weight is 2020 g/mol. The van der Waals surface area contributed by atoms with Crippen LogP contribution in [-0.4, -0.2) is 182 Å². The Labute approximate surface area is 835 Å². The van der Waals surface area contributed by atoms with Crippen molar-refractivity contribution in [2.24, 2.45) is 0 Å². The number of H-pyrrole nitrogens is 1. The number of rotatable bonds is 41. The minimum Gasteiger partial charge on any atom is -0.756 e. The van der Waals surface area contributed by atoms with E-state index in [4.69, 9.17) is 41.4 Å². The van der Waals surface area contributed by atoms with Crippen LogP contribution < -0.4 is 60.9 Å². The Balaban J connectivity index is 0.499. The first kappa shape index (κ1) is 103. The fourth-order valence-corrected chi connectivity index (χ4v) is 24.7. The SMILES string of the molecule is CC1(C)C(/C=C/C=C/C=C2/N(CCCOP(=O)([O-])OC3CCO[C@@H]3COP(=O)([O-])OC3C[C@H](n4cc(/C=C\C(=O)CCCNC(=O)c5ccc(C6=C7C=C8CCC[NH+]9CCCC(=C7Oc7c6cc6c%10c7CCCN%10CCC6)C89)c(C(=O)O)c5)c(=O)[nH]c4=O)O[C@@H]3COP(=O)([O-])OCCCCCNC(=O)CCC(=O)N3Cc4ccccc4C#Cc4ccccc43)c3ccccc3C2(C)C)=[N+](CCCO)c2ccccc21. The van der Waals surface area contributed by atoms with Crippen LogP contribution in [0.25, 0.3) is 11.6 Å². The van der Waals surface area contributed by atoms with Crippen LogP contribution in [0.4, 0.5) is 22.7 Å². The number of anilines is 3. The van der Waals surface area contributed by atoms with Crippen molar-refractivity contribution in [3.63, 3.8) is 0 Å². The highest BCUT2D eigenvalue weighted by atomic mass is 31.2. The molecule has 0 spiro atoms. The molecule has 144 heavy (non-hydrogen) atoms. The van der Waals surface area contributed by atoms with Gasteiger partial charge in [-0.25, -0.2) is 9.59 Å². The van der Waals surface area contributed by atoms with Crippen molar-refractivity contribution in [2.45, 2.75) is 204 Å². The molecule has 10 atom stereocenters. The number of aryl methyl sites for hydroxylation is 1. The van der Waals surface area contributed by atoms with Crippen molar-refractivity contribution in [2.75, 3.05) is 107 Å². The zero-order chi connectivity index (χ0) is 101. The number of carbonyl (C=O) groups excluding carboxylic acids is 4. The fraction of sp³-hybridized carbons (Fsp3) is 0.426. The van der Waals surface area contributed by atoms with Crippen molar-refractivity contribution < 1.29 is 113 Å². The Bertz CT molecular complexity index is 6790. The first-order valence-corrected chi connectivity index (χ1v) is 54.3. The van der Waals surface area contributed by atoms with Crippen molar-refractivity contribution in [3.8, 4) is 17.6 Å². The number of aliphatic hydroxyl groups is 1. The second-order valence-electron chi connectivity index (χ2n) is 39.1. The number of aliphatic hydroxyl groups excluding tert-OH is 1. The lowest BCUT2D eigenvalue weighted by molar-refractivity contribution is -0.922. The Morgan fingerprint density at radius 2 is 1.40 bits per heavy atom. The van der Waals surface area contributed by atoms with Gasteiger partial charge in [0.1, 0.15) is 36.0 Å². The zero-order valence-corrected chi connectivity index (χ0v) is 83.9. The molecule has 0 bridgehead atoms. The van der Waals surface area contributed by atoms with Crippen LogP contribution in [0.1, 0.15) is 219 Å². The van der Waals surface area contributed by atoms with Crippen LogP contribution in [0.2, 0.25) is 0 Å². The summed E-state index contributed by atoms with van der Waals surface area (Å²) in [5.41, 5.74) is 15.6. The molecule has 7 aromatic rings. The van der Waals surface area contributed by atoms with E-state index >= 15 is 0 Å². The summed E-state index contributed by atoms with van der Waals surface area (Å²) in [5.74, 6) is 5.03. The van der Waals surface area contributed by atoms with Crippen molar-refractivity contribution in [1.82, 2.24) is 20.2 Å². The first-order chi connectivity index (χ1) is 69.4. The number of piperidine rings is 2. The number of unbranched alkanes of at least 4 members (excludes halogenated alkanes) is 2. The number of para-hydroxylation sites is 3. The number of ketones is 1. The molecule has 7 unspecified atom stereocenters. The number of benzene rings is 6. The topological polar surface area (TPSA) is 425 Å². The summed E-state index contributed by atoms with van der Waals surface area (Å²) in [6.45, 7) is 11.6. The molecule has 33 nitrogen and oxygen atoms in total. The monoisotopic (exact) mass is 2020 g/mol. The Morgan fingerprint density at radius 1 is 0.688 bits per heavy atom.